The number of hydrogen-bond acceptors (Lipinski definition) is 5. The van der Waals surface area contributed by atoms with Gasteiger partial charge >= 0.3 is 0 Å². The first-order chi connectivity index (χ1) is 9.41. The monoisotopic (exact) mass is 277 g/mol. The highest BCUT2D eigenvalue weighted by Crippen LogP contribution is 2.20. The van der Waals surface area contributed by atoms with E-state index in [1.54, 1.807) is 4.52 Å². The molecule has 0 aliphatic heterocycles. The second kappa shape index (κ2) is 5.75. The van der Waals surface area contributed by atoms with Crippen molar-refractivity contribution in [1.29, 1.82) is 0 Å². The van der Waals surface area contributed by atoms with E-state index in [9.17, 15) is 0 Å². The van der Waals surface area contributed by atoms with E-state index in [0.29, 0.717) is 5.92 Å². The lowest BCUT2D eigenvalue weighted by Gasteiger charge is -2.16. The summed E-state index contributed by atoms with van der Waals surface area (Å²) in [6.07, 6.45) is 0.787. The summed E-state index contributed by atoms with van der Waals surface area (Å²) in [4.78, 5) is 0. The fourth-order valence-electron chi connectivity index (χ4n) is 1.95. The van der Waals surface area contributed by atoms with Gasteiger partial charge in [-0.3, -0.25) is 0 Å². The van der Waals surface area contributed by atoms with E-state index in [4.69, 9.17) is 5.11 Å². The van der Waals surface area contributed by atoms with Crippen LogP contribution in [-0.4, -0.2) is 38.1 Å². The fraction of sp³-hybridized carbons (Fsp3) is 0.643. The highest BCUT2D eigenvalue weighted by molar-refractivity contribution is 5.44. The van der Waals surface area contributed by atoms with E-state index in [-0.39, 0.29) is 12.0 Å². The van der Waals surface area contributed by atoms with Crippen LogP contribution in [0.1, 0.15) is 39.9 Å². The Balaban J connectivity index is 2.20. The van der Waals surface area contributed by atoms with E-state index in [1.807, 2.05) is 12.1 Å². The van der Waals surface area contributed by atoms with Crippen molar-refractivity contribution in [2.24, 2.45) is 5.92 Å². The zero-order chi connectivity index (χ0) is 14.8. The second-order valence-corrected chi connectivity index (χ2v) is 6.26. The van der Waals surface area contributed by atoms with E-state index in [1.165, 1.54) is 0 Å². The Bertz CT molecular complexity index is 572. The van der Waals surface area contributed by atoms with E-state index < -0.39 is 0 Å². The first-order valence-corrected chi connectivity index (χ1v) is 6.99. The summed E-state index contributed by atoms with van der Waals surface area (Å²) in [5, 5.41) is 25.1. The molecule has 20 heavy (non-hydrogen) atoms. The molecule has 0 fully saturated rings. The van der Waals surface area contributed by atoms with E-state index >= 15 is 0 Å². The van der Waals surface area contributed by atoms with Crippen LogP contribution in [0.2, 0.25) is 0 Å². The van der Waals surface area contributed by atoms with Crippen LogP contribution in [0.3, 0.4) is 0 Å². The van der Waals surface area contributed by atoms with Gasteiger partial charge in [-0.2, -0.15) is 4.52 Å². The average molecular weight is 277 g/mol. The molecule has 0 saturated carbocycles. The van der Waals surface area contributed by atoms with Crippen LogP contribution in [-0.2, 0) is 5.41 Å². The number of aliphatic hydroxyl groups excluding tert-OH is 1. The molecule has 2 aromatic rings. The van der Waals surface area contributed by atoms with Gasteiger partial charge in [0.2, 0.25) is 0 Å². The van der Waals surface area contributed by atoms with Crippen LogP contribution < -0.4 is 5.32 Å². The lowest BCUT2D eigenvalue weighted by atomic mass is 9.96. The number of nitrogens with zero attached hydrogens (tertiary/aromatic N) is 4. The van der Waals surface area contributed by atoms with Crippen LogP contribution in [0.4, 0.5) is 5.82 Å². The van der Waals surface area contributed by atoms with Gasteiger partial charge in [0.25, 0.3) is 0 Å². The normalized spacial score (nSPS) is 13.7. The highest BCUT2D eigenvalue weighted by atomic mass is 16.3. The molecule has 0 aliphatic rings. The minimum atomic E-state index is -0.102. The zero-order valence-corrected chi connectivity index (χ0v) is 12.6. The predicted molar refractivity (Wildman–Crippen MR) is 78.8 cm³/mol. The Morgan fingerprint density at radius 3 is 2.70 bits per heavy atom. The molecule has 6 heteroatoms. The second-order valence-electron chi connectivity index (χ2n) is 6.26. The third-order valence-electron chi connectivity index (χ3n) is 3.19. The minimum absolute atomic E-state index is 0.102. The molecule has 6 nitrogen and oxygen atoms in total. The standard InChI is InChI=1S/C14H23N5O/c1-10(7-8-20)9-15-11-5-6-12-16-17-13(14(2,3)4)19(12)18-11/h5-6,10,20H,7-9H2,1-4H3,(H,15,18). The highest BCUT2D eigenvalue weighted by Gasteiger charge is 2.21. The smallest absolute Gasteiger partial charge is 0.178 e. The van der Waals surface area contributed by atoms with Gasteiger partial charge in [-0.15, -0.1) is 15.3 Å². The van der Waals surface area contributed by atoms with Crippen molar-refractivity contribution in [3.63, 3.8) is 0 Å². The predicted octanol–water partition coefficient (Wildman–Crippen LogP) is 1.85. The van der Waals surface area contributed by atoms with Crippen molar-refractivity contribution in [1.82, 2.24) is 19.8 Å². The molecule has 2 rings (SSSR count). The van der Waals surface area contributed by atoms with Gasteiger partial charge in [0, 0.05) is 18.6 Å². The number of nitrogens with one attached hydrogen (secondary N) is 1. The van der Waals surface area contributed by atoms with Crippen LogP contribution in [0.5, 0.6) is 0 Å². The van der Waals surface area contributed by atoms with Gasteiger partial charge < -0.3 is 10.4 Å². The third kappa shape index (κ3) is 3.25. The molecule has 0 aliphatic carbocycles. The molecule has 110 valence electrons. The first kappa shape index (κ1) is 14.7. The van der Waals surface area contributed by atoms with Gasteiger partial charge in [-0.05, 0) is 24.5 Å². The van der Waals surface area contributed by atoms with Crippen molar-refractivity contribution in [2.45, 2.75) is 39.5 Å². The van der Waals surface area contributed by atoms with Crippen LogP contribution in [0.15, 0.2) is 12.1 Å². The number of aliphatic hydroxyl groups is 1. The topological polar surface area (TPSA) is 75.3 Å². The maximum atomic E-state index is 8.91. The molecule has 1 unspecified atom stereocenters. The zero-order valence-electron chi connectivity index (χ0n) is 12.6. The van der Waals surface area contributed by atoms with Crippen LogP contribution >= 0.6 is 0 Å². The number of fused-ring (bicyclic) bond motifs is 1. The summed E-state index contributed by atoms with van der Waals surface area (Å²) >= 11 is 0. The SMILES string of the molecule is CC(CCO)CNc1ccc2nnc(C(C)(C)C)n2n1. The summed E-state index contributed by atoms with van der Waals surface area (Å²) in [5.41, 5.74) is 0.652. The molecule has 0 radical (unpaired) electrons. The molecule has 2 aromatic heterocycles. The van der Waals surface area contributed by atoms with Gasteiger partial charge in [0.15, 0.2) is 11.5 Å². The molecule has 0 aromatic carbocycles. The minimum Gasteiger partial charge on any atom is -0.396 e. The Kier molecular flexibility index (Phi) is 4.23. The molecule has 0 bridgehead atoms. The van der Waals surface area contributed by atoms with Gasteiger partial charge in [0.05, 0.1) is 0 Å². The van der Waals surface area contributed by atoms with E-state index in [0.717, 1.165) is 30.3 Å². The van der Waals surface area contributed by atoms with Gasteiger partial charge in [-0.1, -0.05) is 27.7 Å². The largest absolute Gasteiger partial charge is 0.396 e. The third-order valence-corrected chi connectivity index (χ3v) is 3.19. The summed E-state index contributed by atoms with van der Waals surface area (Å²) in [5.74, 6) is 2.05. The number of anilines is 1. The average Bonchev–Trinajstić information content (AvgIpc) is 2.79. The maximum Gasteiger partial charge on any atom is 0.178 e. The summed E-state index contributed by atoms with van der Waals surface area (Å²) in [6.45, 7) is 9.37. The Morgan fingerprint density at radius 1 is 1.30 bits per heavy atom. The molecular formula is C14H23N5O. The Labute approximate surface area is 119 Å². The quantitative estimate of drug-likeness (QED) is 0.872. The van der Waals surface area contributed by atoms with Crippen molar-refractivity contribution in [3.8, 4) is 0 Å². The van der Waals surface area contributed by atoms with Crippen molar-refractivity contribution < 1.29 is 5.11 Å². The summed E-state index contributed by atoms with van der Waals surface area (Å²) in [7, 11) is 0. The summed E-state index contributed by atoms with van der Waals surface area (Å²) in [6, 6.07) is 3.82. The Hall–Kier alpha value is -1.69. The number of hydrogen-bond donors (Lipinski definition) is 2. The molecule has 2 heterocycles. The van der Waals surface area contributed by atoms with Crippen LogP contribution in [0.25, 0.3) is 5.65 Å². The van der Waals surface area contributed by atoms with E-state index in [2.05, 4.69) is 48.3 Å². The molecule has 1 atom stereocenters. The molecule has 0 amide bonds. The fourth-order valence-corrected chi connectivity index (χ4v) is 1.95. The number of rotatable bonds is 5. The van der Waals surface area contributed by atoms with Crippen molar-refractivity contribution >= 4 is 11.5 Å². The molecule has 0 saturated heterocycles. The van der Waals surface area contributed by atoms with Gasteiger partial charge in [0.1, 0.15) is 5.82 Å². The molecule has 2 N–H and O–H groups in total. The Morgan fingerprint density at radius 2 is 2.05 bits per heavy atom. The van der Waals surface area contributed by atoms with Crippen molar-refractivity contribution in [2.75, 3.05) is 18.5 Å². The maximum absolute atomic E-state index is 8.91. The summed E-state index contributed by atoms with van der Waals surface area (Å²) < 4.78 is 1.79. The molecule has 0 spiro atoms. The number of aromatic nitrogens is 4. The van der Waals surface area contributed by atoms with Gasteiger partial charge in [-0.25, -0.2) is 0 Å². The molecular weight excluding hydrogens is 254 g/mol. The van der Waals surface area contributed by atoms with Crippen molar-refractivity contribution in [3.05, 3.63) is 18.0 Å². The first-order valence-electron chi connectivity index (χ1n) is 6.99. The lowest BCUT2D eigenvalue weighted by molar-refractivity contribution is 0.266. The lowest BCUT2D eigenvalue weighted by Crippen LogP contribution is -2.18. The van der Waals surface area contributed by atoms with Crippen LogP contribution in [0, 0.1) is 5.92 Å².